The molecule has 0 aliphatic carbocycles. The average Bonchev–Trinajstić information content (AvgIpc) is 2.60. The van der Waals surface area contributed by atoms with Crippen LogP contribution in [0.4, 0.5) is 0 Å². The summed E-state index contributed by atoms with van der Waals surface area (Å²) in [5.41, 5.74) is 0.970. The lowest BCUT2D eigenvalue weighted by molar-refractivity contribution is -0.219. The van der Waals surface area contributed by atoms with Gasteiger partial charge in [-0.25, -0.2) is 0 Å². The standard InChI is InChI=1S/C19H32O6Si/c1-7-22-26(23-8-2,24-9-3)14-20-17-10-11-18-16(12-17)13-21-19(6,25-18)15(4)5/h10-12,15H,7-9,13-14H2,1-6H3. The van der Waals surface area contributed by atoms with Gasteiger partial charge in [-0.1, -0.05) is 13.8 Å². The van der Waals surface area contributed by atoms with Crippen LogP contribution in [0.5, 0.6) is 11.5 Å². The number of hydrogen-bond acceptors (Lipinski definition) is 6. The Bertz CT molecular complexity index is 562. The van der Waals surface area contributed by atoms with Crippen LogP contribution in [0.25, 0.3) is 0 Å². The van der Waals surface area contributed by atoms with E-state index < -0.39 is 14.6 Å². The van der Waals surface area contributed by atoms with E-state index in [1.807, 2.05) is 45.9 Å². The molecule has 1 aliphatic rings. The van der Waals surface area contributed by atoms with Crippen molar-refractivity contribution in [1.82, 2.24) is 0 Å². The molecule has 0 fully saturated rings. The Balaban J connectivity index is 2.09. The molecule has 0 saturated heterocycles. The molecule has 7 heteroatoms. The van der Waals surface area contributed by atoms with Crippen molar-refractivity contribution in [1.29, 1.82) is 0 Å². The first-order valence-corrected chi connectivity index (χ1v) is 11.3. The van der Waals surface area contributed by atoms with Crippen LogP contribution in [0.3, 0.4) is 0 Å². The van der Waals surface area contributed by atoms with E-state index in [0.717, 1.165) is 17.1 Å². The third kappa shape index (κ3) is 4.98. The second-order valence-corrected chi connectivity index (χ2v) is 9.12. The molecular weight excluding hydrogens is 352 g/mol. The molecule has 0 amide bonds. The van der Waals surface area contributed by atoms with Crippen molar-refractivity contribution in [3.05, 3.63) is 23.8 Å². The van der Waals surface area contributed by atoms with Gasteiger partial charge in [0, 0.05) is 38.2 Å². The number of hydrogen-bond donors (Lipinski definition) is 0. The molecule has 0 saturated carbocycles. The lowest BCUT2D eigenvalue weighted by Crippen LogP contribution is -2.51. The van der Waals surface area contributed by atoms with E-state index in [0.29, 0.717) is 26.4 Å². The quantitative estimate of drug-likeness (QED) is 0.570. The fraction of sp³-hybridized carbons (Fsp3) is 0.684. The summed E-state index contributed by atoms with van der Waals surface area (Å²) in [6, 6.07) is 5.77. The summed E-state index contributed by atoms with van der Waals surface area (Å²) in [6.45, 7) is 14.0. The summed E-state index contributed by atoms with van der Waals surface area (Å²) in [7, 11) is -2.84. The van der Waals surface area contributed by atoms with Gasteiger partial charge in [0.05, 0.1) is 6.61 Å². The largest absolute Gasteiger partial charge is 0.540 e. The predicted octanol–water partition coefficient (Wildman–Crippen LogP) is 3.93. The van der Waals surface area contributed by atoms with Crippen molar-refractivity contribution in [2.24, 2.45) is 5.92 Å². The smallest absolute Gasteiger partial charge is 0.489 e. The molecule has 0 aromatic heterocycles. The molecule has 0 spiro atoms. The van der Waals surface area contributed by atoms with Crippen LogP contribution >= 0.6 is 0 Å². The minimum Gasteiger partial charge on any atom is -0.489 e. The highest BCUT2D eigenvalue weighted by Crippen LogP contribution is 2.37. The number of ether oxygens (including phenoxy) is 3. The summed E-state index contributed by atoms with van der Waals surface area (Å²) < 4.78 is 35.4. The second kappa shape index (κ2) is 9.19. The average molecular weight is 385 g/mol. The molecule has 0 bridgehead atoms. The molecule has 0 radical (unpaired) electrons. The number of rotatable bonds is 10. The Kier molecular flexibility index (Phi) is 7.49. The monoisotopic (exact) mass is 384 g/mol. The topological polar surface area (TPSA) is 55.4 Å². The van der Waals surface area contributed by atoms with Crippen molar-refractivity contribution in [2.45, 2.75) is 53.9 Å². The van der Waals surface area contributed by atoms with Gasteiger partial charge in [0.25, 0.3) is 0 Å². The molecule has 1 heterocycles. The van der Waals surface area contributed by atoms with Gasteiger partial charge in [0.2, 0.25) is 5.79 Å². The Morgan fingerprint density at radius 3 is 2.23 bits per heavy atom. The molecular formula is C19H32O6Si. The fourth-order valence-electron chi connectivity index (χ4n) is 2.69. The first kappa shape index (κ1) is 21.2. The molecule has 1 aliphatic heterocycles. The van der Waals surface area contributed by atoms with Gasteiger partial charge in [-0.3, -0.25) is 0 Å². The Labute approximate surface area is 158 Å². The lowest BCUT2D eigenvalue weighted by Gasteiger charge is -2.38. The van der Waals surface area contributed by atoms with E-state index in [4.69, 9.17) is 27.5 Å². The van der Waals surface area contributed by atoms with Gasteiger partial charge in [0.1, 0.15) is 11.5 Å². The van der Waals surface area contributed by atoms with Gasteiger partial charge in [-0.15, -0.1) is 0 Å². The maximum Gasteiger partial charge on any atom is 0.540 e. The minimum absolute atomic E-state index is 0.252. The molecule has 1 atom stereocenters. The summed E-state index contributed by atoms with van der Waals surface area (Å²) in [5, 5.41) is 0. The third-order valence-corrected chi connectivity index (χ3v) is 7.10. The summed E-state index contributed by atoms with van der Waals surface area (Å²) in [6.07, 6.45) is 0.271. The van der Waals surface area contributed by atoms with Crippen LogP contribution in [-0.4, -0.2) is 40.6 Å². The zero-order valence-electron chi connectivity index (χ0n) is 16.8. The summed E-state index contributed by atoms with van der Waals surface area (Å²) in [5.74, 6) is 1.21. The molecule has 26 heavy (non-hydrogen) atoms. The van der Waals surface area contributed by atoms with Crippen LogP contribution in [0.15, 0.2) is 18.2 Å². The van der Waals surface area contributed by atoms with Gasteiger partial charge >= 0.3 is 8.80 Å². The normalized spacial score (nSPS) is 20.0. The number of fused-ring (bicyclic) bond motifs is 1. The fourth-order valence-corrected chi connectivity index (χ4v) is 4.86. The molecule has 6 nitrogen and oxygen atoms in total. The highest BCUT2D eigenvalue weighted by Gasteiger charge is 2.42. The number of benzene rings is 1. The van der Waals surface area contributed by atoms with Crippen molar-refractivity contribution in [3.63, 3.8) is 0 Å². The first-order chi connectivity index (χ1) is 12.4. The van der Waals surface area contributed by atoms with Crippen LogP contribution in [-0.2, 0) is 24.6 Å². The zero-order valence-corrected chi connectivity index (χ0v) is 17.8. The summed E-state index contributed by atoms with van der Waals surface area (Å²) in [4.78, 5) is 0. The van der Waals surface area contributed by atoms with Crippen molar-refractivity contribution in [3.8, 4) is 11.5 Å². The first-order valence-electron chi connectivity index (χ1n) is 9.38. The Morgan fingerprint density at radius 1 is 1.08 bits per heavy atom. The molecule has 0 N–H and O–H groups in total. The van der Waals surface area contributed by atoms with E-state index >= 15 is 0 Å². The van der Waals surface area contributed by atoms with Gasteiger partial charge < -0.3 is 27.5 Å². The van der Waals surface area contributed by atoms with E-state index in [-0.39, 0.29) is 12.1 Å². The maximum absolute atomic E-state index is 6.05. The predicted molar refractivity (Wildman–Crippen MR) is 101 cm³/mol. The van der Waals surface area contributed by atoms with E-state index in [1.165, 1.54) is 0 Å². The Morgan fingerprint density at radius 2 is 1.69 bits per heavy atom. The molecule has 1 aromatic carbocycles. The maximum atomic E-state index is 6.05. The SMILES string of the molecule is CCO[Si](COc1ccc2c(c1)COC(C)(C(C)C)O2)(OCC)OCC. The van der Waals surface area contributed by atoms with Crippen LogP contribution < -0.4 is 9.47 Å². The highest BCUT2D eigenvalue weighted by atomic mass is 28.4. The summed E-state index contributed by atoms with van der Waals surface area (Å²) >= 11 is 0. The lowest BCUT2D eigenvalue weighted by atomic mass is 10.0. The second-order valence-electron chi connectivity index (χ2n) is 6.60. The van der Waals surface area contributed by atoms with Crippen molar-refractivity contribution < 1.29 is 27.5 Å². The molecule has 148 valence electrons. The minimum atomic E-state index is -2.84. The van der Waals surface area contributed by atoms with Crippen molar-refractivity contribution >= 4 is 8.80 Å². The molecule has 2 rings (SSSR count). The van der Waals surface area contributed by atoms with Crippen LogP contribution in [0, 0.1) is 5.92 Å². The van der Waals surface area contributed by atoms with Crippen LogP contribution in [0.1, 0.15) is 47.1 Å². The third-order valence-electron chi connectivity index (χ3n) is 4.42. The van der Waals surface area contributed by atoms with E-state index in [9.17, 15) is 0 Å². The molecule has 1 unspecified atom stereocenters. The van der Waals surface area contributed by atoms with Crippen molar-refractivity contribution in [2.75, 3.05) is 26.1 Å². The van der Waals surface area contributed by atoms with Gasteiger partial charge in [0.15, 0.2) is 6.23 Å². The van der Waals surface area contributed by atoms with Gasteiger partial charge in [-0.05, 0) is 39.0 Å². The van der Waals surface area contributed by atoms with E-state index in [1.54, 1.807) is 0 Å². The van der Waals surface area contributed by atoms with Crippen LogP contribution in [0.2, 0.25) is 0 Å². The zero-order chi connectivity index (χ0) is 19.2. The van der Waals surface area contributed by atoms with Gasteiger partial charge in [-0.2, -0.15) is 0 Å². The highest BCUT2D eigenvalue weighted by molar-refractivity contribution is 6.60. The Hall–Kier alpha value is -1.12. The molecule has 1 aromatic rings. The van der Waals surface area contributed by atoms with E-state index in [2.05, 4.69) is 13.8 Å².